The van der Waals surface area contributed by atoms with Crippen molar-refractivity contribution >= 4 is 55.7 Å². The summed E-state index contributed by atoms with van der Waals surface area (Å²) in [6.07, 6.45) is 6.14. The summed E-state index contributed by atoms with van der Waals surface area (Å²) in [5.41, 5.74) is 6.30. The van der Waals surface area contributed by atoms with Gasteiger partial charge in [-0.15, -0.1) is 11.3 Å². The molecule has 0 atom stereocenters. The van der Waals surface area contributed by atoms with Crippen molar-refractivity contribution in [2.24, 2.45) is 0 Å². The normalized spacial score (nSPS) is 13.2. The van der Waals surface area contributed by atoms with E-state index in [9.17, 15) is 9.59 Å². The van der Waals surface area contributed by atoms with Gasteiger partial charge in [-0.25, -0.2) is 4.98 Å². The number of nitrogens with zero attached hydrogens (tertiary/aromatic N) is 2. The number of thiophene rings is 1. The van der Waals surface area contributed by atoms with Crippen LogP contribution >= 0.6 is 33.9 Å². The van der Waals surface area contributed by atoms with Crippen molar-refractivity contribution in [1.82, 2.24) is 9.55 Å². The van der Waals surface area contributed by atoms with Gasteiger partial charge in [0.05, 0.1) is 11.7 Å². The first-order chi connectivity index (χ1) is 15.5. The third-order valence-electron chi connectivity index (χ3n) is 6.00. The van der Waals surface area contributed by atoms with Gasteiger partial charge in [0.15, 0.2) is 0 Å². The van der Waals surface area contributed by atoms with Crippen LogP contribution in [0, 0.1) is 10.5 Å². The number of hydrogen-bond donors (Lipinski definition) is 1. The fourth-order valence-corrected chi connectivity index (χ4v) is 5.86. The minimum atomic E-state index is -0.247. The van der Waals surface area contributed by atoms with Crippen molar-refractivity contribution < 1.29 is 4.79 Å². The lowest BCUT2D eigenvalue weighted by Gasteiger charge is -2.16. The fraction of sp³-hybridized carbons (Fsp3) is 0.240. The molecule has 32 heavy (non-hydrogen) atoms. The highest BCUT2D eigenvalue weighted by molar-refractivity contribution is 14.1. The molecule has 1 amide bonds. The van der Waals surface area contributed by atoms with Gasteiger partial charge in [0, 0.05) is 20.2 Å². The maximum atomic E-state index is 13.3. The lowest BCUT2D eigenvalue weighted by atomic mass is 9.89. The van der Waals surface area contributed by atoms with Crippen molar-refractivity contribution in [3.05, 3.63) is 78.7 Å². The molecular formula is C25H22IN3O2S. The first kappa shape index (κ1) is 21.3. The van der Waals surface area contributed by atoms with Crippen LogP contribution in [0.15, 0.2) is 52.9 Å². The smallest absolute Gasteiger partial charge is 0.263 e. The van der Waals surface area contributed by atoms with E-state index in [4.69, 9.17) is 0 Å². The molecule has 2 aromatic heterocycles. The monoisotopic (exact) mass is 555 g/mol. The van der Waals surface area contributed by atoms with E-state index in [0.717, 1.165) is 38.8 Å². The zero-order chi connectivity index (χ0) is 22.2. The second kappa shape index (κ2) is 8.78. The van der Waals surface area contributed by atoms with Crippen LogP contribution < -0.4 is 10.9 Å². The van der Waals surface area contributed by atoms with Crippen LogP contribution in [0.3, 0.4) is 0 Å². The molecule has 1 aliphatic carbocycles. The van der Waals surface area contributed by atoms with Gasteiger partial charge in [0.1, 0.15) is 11.4 Å². The average Bonchev–Trinajstić information content (AvgIpc) is 3.22. The van der Waals surface area contributed by atoms with Gasteiger partial charge in [-0.2, -0.15) is 0 Å². The van der Waals surface area contributed by atoms with Crippen LogP contribution in [-0.2, 0) is 24.2 Å². The number of amides is 1. The van der Waals surface area contributed by atoms with Crippen molar-refractivity contribution in [2.75, 3.05) is 5.32 Å². The molecule has 1 aliphatic rings. The molecular weight excluding hydrogens is 533 g/mol. The van der Waals surface area contributed by atoms with Crippen molar-refractivity contribution in [3.63, 3.8) is 0 Å². The molecule has 2 heterocycles. The highest BCUT2D eigenvalue weighted by atomic mass is 127. The Labute approximate surface area is 203 Å². The lowest BCUT2D eigenvalue weighted by Crippen LogP contribution is -2.28. The molecule has 0 aliphatic heterocycles. The Hall–Kier alpha value is -2.52. The van der Waals surface area contributed by atoms with E-state index in [-0.39, 0.29) is 18.0 Å². The van der Waals surface area contributed by atoms with Crippen LogP contribution in [0.25, 0.3) is 21.3 Å². The van der Waals surface area contributed by atoms with Gasteiger partial charge in [-0.3, -0.25) is 14.2 Å². The van der Waals surface area contributed by atoms with E-state index in [1.165, 1.54) is 46.2 Å². The summed E-state index contributed by atoms with van der Waals surface area (Å²) in [5, 5.41) is 5.50. The molecule has 4 aromatic rings. The number of hydrogen-bond acceptors (Lipinski definition) is 4. The largest absolute Gasteiger partial charge is 0.324 e. The number of benzene rings is 2. The number of anilines is 1. The minimum Gasteiger partial charge on any atom is -0.324 e. The van der Waals surface area contributed by atoms with Gasteiger partial charge in [0.25, 0.3) is 5.56 Å². The quantitative estimate of drug-likeness (QED) is 0.336. The summed E-state index contributed by atoms with van der Waals surface area (Å²) in [7, 11) is 0. The molecule has 0 saturated heterocycles. The zero-order valence-corrected chi connectivity index (χ0v) is 20.6. The van der Waals surface area contributed by atoms with E-state index in [1.54, 1.807) is 0 Å². The molecule has 0 saturated carbocycles. The predicted molar refractivity (Wildman–Crippen MR) is 138 cm³/mol. The van der Waals surface area contributed by atoms with Gasteiger partial charge >= 0.3 is 0 Å². The Morgan fingerprint density at radius 2 is 1.97 bits per heavy atom. The molecule has 0 fully saturated rings. The van der Waals surface area contributed by atoms with Gasteiger partial charge in [-0.1, -0.05) is 18.2 Å². The van der Waals surface area contributed by atoms with Crippen molar-refractivity contribution in [1.29, 1.82) is 0 Å². The summed E-state index contributed by atoms with van der Waals surface area (Å²) >= 11 is 3.71. The molecule has 5 nitrogen and oxygen atoms in total. The Bertz CT molecular complexity index is 1410. The molecule has 5 rings (SSSR count). The second-order valence-electron chi connectivity index (χ2n) is 8.21. The molecule has 162 valence electrons. The summed E-state index contributed by atoms with van der Waals surface area (Å²) in [4.78, 5) is 31.2. The Morgan fingerprint density at radius 3 is 2.78 bits per heavy atom. The van der Waals surface area contributed by atoms with Crippen LogP contribution in [-0.4, -0.2) is 15.5 Å². The molecule has 2 aromatic carbocycles. The lowest BCUT2D eigenvalue weighted by molar-refractivity contribution is -0.116. The molecule has 7 heteroatoms. The van der Waals surface area contributed by atoms with Crippen molar-refractivity contribution in [3.8, 4) is 11.1 Å². The van der Waals surface area contributed by atoms with Crippen LogP contribution in [0.1, 0.15) is 29.5 Å². The molecule has 1 N–H and O–H groups in total. The SMILES string of the molecule is Cc1cc(I)ccc1NC(=O)Cn1cnc2scc(-c3ccc4c(c3)CCCC4)c2c1=O. The maximum Gasteiger partial charge on any atom is 0.263 e. The number of aromatic nitrogens is 2. The summed E-state index contributed by atoms with van der Waals surface area (Å²) in [5.74, 6) is -0.247. The Morgan fingerprint density at radius 1 is 1.16 bits per heavy atom. The van der Waals surface area contributed by atoms with Gasteiger partial charge in [0.2, 0.25) is 5.91 Å². The Balaban J connectivity index is 1.46. The third kappa shape index (κ3) is 4.11. The van der Waals surface area contributed by atoms with Gasteiger partial charge < -0.3 is 5.32 Å². The van der Waals surface area contributed by atoms with Crippen LogP contribution in [0.2, 0.25) is 0 Å². The molecule has 0 unspecified atom stereocenters. The number of aryl methyl sites for hydroxylation is 3. The van der Waals surface area contributed by atoms with Crippen LogP contribution in [0.5, 0.6) is 0 Å². The second-order valence-corrected chi connectivity index (χ2v) is 10.3. The average molecular weight is 555 g/mol. The Kier molecular flexibility index (Phi) is 5.86. The number of carbonyl (C=O) groups is 1. The first-order valence-electron chi connectivity index (χ1n) is 10.6. The fourth-order valence-electron chi connectivity index (χ4n) is 4.31. The minimum absolute atomic E-state index is 0.0767. The first-order valence-corrected chi connectivity index (χ1v) is 12.6. The number of rotatable bonds is 4. The highest BCUT2D eigenvalue weighted by Crippen LogP contribution is 2.33. The van der Waals surface area contributed by atoms with E-state index in [0.29, 0.717) is 10.2 Å². The van der Waals surface area contributed by atoms with E-state index in [2.05, 4.69) is 51.1 Å². The van der Waals surface area contributed by atoms with Crippen LogP contribution in [0.4, 0.5) is 5.69 Å². The zero-order valence-electron chi connectivity index (χ0n) is 17.7. The molecule has 0 radical (unpaired) electrons. The maximum absolute atomic E-state index is 13.3. The van der Waals surface area contributed by atoms with E-state index >= 15 is 0 Å². The summed E-state index contributed by atoms with van der Waals surface area (Å²) < 4.78 is 2.50. The number of nitrogens with one attached hydrogen (secondary N) is 1. The summed E-state index contributed by atoms with van der Waals surface area (Å²) in [6.45, 7) is 1.88. The topological polar surface area (TPSA) is 64.0 Å². The molecule has 0 bridgehead atoms. The number of halogens is 1. The third-order valence-corrected chi connectivity index (χ3v) is 7.55. The number of fused-ring (bicyclic) bond motifs is 2. The number of carbonyl (C=O) groups excluding carboxylic acids is 1. The standard InChI is InChI=1S/C25H22IN3O2S/c1-15-10-19(26)8-9-21(15)28-22(30)12-29-14-27-24-23(25(29)31)20(13-32-24)18-7-6-16-4-2-3-5-17(16)11-18/h6-11,13-14H,2-5,12H2,1H3,(H,28,30). The van der Waals surface area contributed by atoms with Crippen molar-refractivity contribution in [2.45, 2.75) is 39.2 Å². The predicted octanol–water partition coefficient (Wildman–Crippen LogP) is 5.56. The van der Waals surface area contributed by atoms with E-state index in [1.807, 2.05) is 30.5 Å². The highest BCUT2D eigenvalue weighted by Gasteiger charge is 2.17. The molecule has 0 spiro atoms. The van der Waals surface area contributed by atoms with E-state index < -0.39 is 0 Å². The van der Waals surface area contributed by atoms with Gasteiger partial charge in [-0.05, 0) is 95.7 Å². The summed E-state index contributed by atoms with van der Waals surface area (Å²) in [6, 6.07) is 12.4.